The third kappa shape index (κ3) is 3.61. The maximum Gasteiger partial charge on any atom is 0.0433 e. The molecule has 0 spiro atoms. The van der Waals surface area contributed by atoms with E-state index in [2.05, 4.69) is 134 Å². The molecular formula is C35H24S. The summed E-state index contributed by atoms with van der Waals surface area (Å²) < 4.78 is 2.71. The van der Waals surface area contributed by atoms with Gasteiger partial charge >= 0.3 is 0 Å². The number of aryl methyl sites for hydroxylation is 1. The van der Waals surface area contributed by atoms with Gasteiger partial charge in [-0.3, -0.25) is 0 Å². The van der Waals surface area contributed by atoms with Crippen molar-refractivity contribution in [1.29, 1.82) is 0 Å². The molecule has 0 unspecified atom stereocenters. The van der Waals surface area contributed by atoms with Crippen LogP contribution in [0.4, 0.5) is 0 Å². The molecule has 1 aromatic heterocycles. The van der Waals surface area contributed by atoms with Gasteiger partial charge in [0.05, 0.1) is 0 Å². The molecule has 0 aliphatic carbocycles. The molecule has 7 aromatic rings. The molecule has 170 valence electrons. The van der Waals surface area contributed by atoms with Gasteiger partial charge in [0.2, 0.25) is 0 Å². The van der Waals surface area contributed by atoms with Crippen molar-refractivity contribution in [3.8, 4) is 33.4 Å². The second-order valence-electron chi connectivity index (χ2n) is 9.50. The Morgan fingerprint density at radius 2 is 1.00 bits per heavy atom. The van der Waals surface area contributed by atoms with E-state index < -0.39 is 0 Å². The zero-order valence-corrected chi connectivity index (χ0v) is 20.8. The largest absolute Gasteiger partial charge is 0.135 e. The van der Waals surface area contributed by atoms with E-state index >= 15 is 0 Å². The second-order valence-corrected chi connectivity index (χ2v) is 10.6. The maximum atomic E-state index is 2.30. The summed E-state index contributed by atoms with van der Waals surface area (Å²) >= 11 is 1.89. The molecule has 0 aliphatic rings. The zero-order chi connectivity index (χ0) is 24.1. The Morgan fingerprint density at radius 3 is 1.69 bits per heavy atom. The maximum absolute atomic E-state index is 2.30. The zero-order valence-electron chi connectivity index (χ0n) is 20.0. The minimum atomic E-state index is 1.24. The van der Waals surface area contributed by atoms with Crippen LogP contribution in [-0.2, 0) is 0 Å². The lowest BCUT2D eigenvalue weighted by molar-refractivity contribution is 1.47. The summed E-state index contributed by atoms with van der Waals surface area (Å²) in [5.74, 6) is 0. The summed E-state index contributed by atoms with van der Waals surface area (Å²) in [4.78, 5) is 0. The molecule has 0 nitrogen and oxygen atoms in total. The quantitative estimate of drug-likeness (QED) is 0.238. The van der Waals surface area contributed by atoms with Crippen LogP contribution in [0.3, 0.4) is 0 Å². The number of hydrogen-bond donors (Lipinski definition) is 0. The van der Waals surface area contributed by atoms with E-state index in [1.807, 2.05) is 11.3 Å². The average Bonchev–Trinajstić information content (AvgIpc) is 3.32. The highest BCUT2D eigenvalue weighted by molar-refractivity contribution is 7.26. The molecule has 0 fully saturated rings. The molecule has 0 atom stereocenters. The Balaban J connectivity index is 1.23. The first-order chi connectivity index (χ1) is 17.7. The fourth-order valence-electron chi connectivity index (χ4n) is 5.17. The number of rotatable bonds is 3. The van der Waals surface area contributed by atoms with Crippen molar-refractivity contribution in [2.75, 3.05) is 0 Å². The van der Waals surface area contributed by atoms with E-state index in [1.165, 1.54) is 69.9 Å². The van der Waals surface area contributed by atoms with Crippen LogP contribution in [0, 0.1) is 6.92 Å². The molecule has 6 aromatic carbocycles. The number of benzene rings is 6. The predicted octanol–water partition coefficient (Wildman–Crippen LogP) is 10.5. The summed E-state index contributed by atoms with van der Waals surface area (Å²) in [6, 6.07) is 46.7. The van der Waals surface area contributed by atoms with Crippen molar-refractivity contribution >= 4 is 42.3 Å². The lowest BCUT2D eigenvalue weighted by Crippen LogP contribution is -1.83. The van der Waals surface area contributed by atoms with E-state index in [-0.39, 0.29) is 0 Å². The second kappa shape index (κ2) is 8.48. The average molecular weight is 477 g/mol. The normalized spacial score (nSPS) is 11.5. The SMILES string of the molecule is Cc1ccc(-c2ccc3cc(-c4ccc(-c5cccc6c5sc5ccccc56)cc4)ccc3c2)cc1. The minimum absolute atomic E-state index is 1.24. The van der Waals surface area contributed by atoms with Gasteiger partial charge in [-0.2, -0.15) is 0 Å². The van der Waals surface area contributed by atoms with E-state index in [0.29, 0.717) is 0 Å². The van der Waals surface area contributed by atoms with Gasteiger partial charge in [0.15, 0.2) is 0 Å². The molecule has 0 N–H and O–H groups in total. The van der Waals surface area contributed by atoms with Crippen LogP contribution >= 0.6 is 11.3 Å². The van der Waals surface area contributed by atoms with Crippen LogP contribution < -0.4 is 0 Å². The number of thiophene rings is 1. The predicted molar refractivity (Wildman–Crippen MR) is 158 cm³/mol. The van der Waals surface area contributed by atoms with Gasteiger partial charge in [0, 0.05) is 20.2 Å². The summed E-state index contributed by atoms with van der Waals surface area (Å²) in [5.41, 5.74) is 8.87. The topological polar surface area (TPSA) is 0 Å². The minimum Gasteiger partial charge on any atom is -0.135 e. The third-order valence-corrected chi connectivity index (χ3v) is 8.38. The highest BCUT2D eigenvalue weighted by Gasteiger charge is 2.10. The van der Waals surface area contributed by atoms with E-state index in [4.69, 9.17) is 0 Å². The van der Waals surface area contributed by atoms with Crippen molar-refractivity contribution in [2.45, 2.75) is 6.92 Å². The number of hydrogen-bond acceptors (Lipinski definition) is 1. The van der Waals surface area contributed by atoms with Crippen molar-refractivity contribution in [1.82, 2.24) is 0 Å². The molecule has 0 saturated heterocycles. The first-order valence-corrected chi connectivity index (χ1v) is 13.2. The summed E-state index contributed by atoms with van der Waals surface area (Å²) in [6.07, 6.45) is 0. The molecule has 7 rings (SSSR count). The number of fused-ring (bicyclic) bond motifs is 4. The standard InChI is InChI=1S/C35H24S/c1-23-9-11-24(12-10-23)27-17-19-30-22-28(18-20-29(30)21-27)25-13-15-26(16-14-25)31-6-4-7-33-32-5-2-3-8-34(32)36-35(31)33/h2-22H,1H3. The van der Waals surface area contributed by atoms with Crippen molar-refractivity contribution in [2.24, 2.45) is 0 Å². The molecule has 1 heteroatoms. The van der Waals surface area contributed by atoms with Crippen LogP contribution in [0.2, 0.25) is 0 Å². The van der Waals surface area contributed by atoms with Crippen LogP contribution in [-0.4, -0.2) is 0 Å². The van der Waals surface area contributed by atoms with Crippen molar-refractivity contribution in [3.05, 3.63) is 133 Å². The Bertz CT molecular complexity index is 1870. The van der Waals surface area contributed by atoms with Gasteiger partial charge in [-0.05, 0) is 69.3 Å². The first-order valence-electron chi connectivity index (χ1n) is 12.3. The van der Waals surface area contributed by atoms with E-state index in [0.717, 1.165) is 0 Å². The highest BCUT2D eigenvalue weighted by Crippen LogP contribution is 2.40. The first kappa shape index (κ1) is 21.1. The highest BCUT2D eigenvalue weighted by atomic mass is 32.1. The van der Waals surface area contributed by atoms with E-state index in [9.17, 15) is 0 Å². The smallest absolute Gasteiger partial charge is 0.0433 e. The fraction of sp³-hybridized carbons (Fsp3) is 0.0286. The van der Waals surface area contributed by atoms with Gasteiger partial charge < -0.3 is 0 Å². The third-order valence-electron chi connectivity index (χ3n) is 7.16. The van der Waals surface area contributed by atoms with Crippen molar-refractivity contribution in [3.63, 3.8) is 0 Å². The summed E-state index contributed by atoms with van der Waals surface area (Å²) in [7, 11) is 0. The van der Waals surface area contributed by atoms with Crippen LogP contribution in [0.1, 0.15) is 5.56 Å². The Kier molecular flexibility index (Phi) is 4.97. The Labute approximate surface area is 215 Å². The lowest BCUT2D eigenvalue weighted by atomic mass is 9.96. The van der Waals surface area contributed by atoms with Crippen LogP contribution in [0.5, 0.6) is 0 Å². The molecule has 0 aliphatic heterocycles. The molecule has 1 heterocycles. The monoisotopic (exact) mass is 476 g/mol. The van der Waals surface area contributed by atoms with Crippen LogP contribution in [0.25, 0.3) is 64.3 Å². The van der Waals surface area contributed by atoms with Gasteiger partial charge in [-0.1, -0.05) is 115 Å². The Hall–Kier alpha value is -4.20. The van der Waals surface area contributed by atoms with Gasteiger partial charge in [0.1, 0.15) is 0 Å². The van der Waals surface area contributed by atoms with Crippen molar-refractivity contribution < 1.29 is 0 Å². The van der Waals surface area contributed by atoms with Gasteiger partial charge in [0.25, 0.3) is 0 Å². The molecule has 0 amide bonds. The van der Waals surface area contributed by atoms with Gasteiger partial charge in [-0.25, -0.2) is 0 Å². The summed E-state index contributed by atoms with van der Waals surface area (Å²) in [6.45, 7) is 2.13. The summed E-state index contributed by atoms with van der Waals surface area (Å²) in [5, 5.41) is 5.22. The fourth-order valence-corrected chi connectivity index (χ4v) is 6.41. The molecule has 36 heavy (non-hydrogen) atoms. The molecule has 0 radical (unpaired) electrons. The van der Waals surface area contributed by atoms with Gasteiger partial charge in [-0.15, -0.1) is 11.3 Å². The molecule has 0 saturated carbocycles. The van der Waals surface area contributed by atoms with Crippen LogP contribution in [0.15, 0.2) is 127 Å². The van der Waals surface area contributed by atoms with E-state index in [1.54, 1.807) is 0 Å². The molecular weight excluding hydrogens is 452 g/mol. The molecule has 0 bridgehead atoms. The Morgan fingerprint density at radius 1 is 0.444 bits per heavy atom. The lowest BCUT2D eigenvalue weighted by Gasteiger charge is -2.09.